The van der Waals surface area contributed by atoms with Crippen LogP contribution in [0, 0.1) is 0 Å². The maximum Gasteiger partial charge on any atom is 0.512 e. The highest BCUT2D eigenvalue weighted by Crippen LogP contribution is 2.51. The van der Waals surface area contributed by atoms with E-state index in [4.69, 9.17) is 0 Å². The minimum Gasteiger partial charge on any atom is -0.370 e. The molecule has 0 amide bonds. The molecule has 1 aliphatic heterocycles. The minimum atomic E-state index is -7.79. The predicted octanol–water partition coefficient (Wildman–Crippen LogP) is 2.61. The van der Waals surface area contributed by atoms with E-state index in [0.717, 1.165) is 6.08 Å². The molecule has 0 spiro atoms. The van der Waals surface area contributed by atoms with Crippen LogP contribution in [0.5, 0.6) is 0 Å². The SMILES string of the molecule is CC(C)N(C1=CCN(S(=O)(=O)C(F)(F)C(F)(F)C(F)(F)S(=O)(=O)NS(=O)(=O)C(F)(F)F)CC1)C(C)C. The molecule has 0 bridgehead atoms. The number of hydrogen-bond donors (Lipinski definition) is 1. The summed E-state index contributed by atoms with van der Waals surface area (Å²) >= 11 is 0. The Balaban J connectivity index is 3.43. The molecule has 0 aliphatic carbocycles. The van der Waals surface area contributed by atoms with Crippen molar-refractivity contribution >= 4 is 30.1 Å². The van der Waals surface area contributed by atoms with E-state index in [1.165, 1.54) is 0 Å². The Bertz CT molecular complexity index is 1170. The molecule has 0 saturated heterocycles. The molecule has 1 heterocycles. The molecule has 214 valence electrons. The van der Waals surface area contributed by atoms with Crippen LogP contribution in [0.3, 0.4) is 0 Å². The van der Waals surface area contributed by atoms with Crippen LogP contribution < -0.4 is 4.13 Å². The molecule has 1 rings (SSSR count). The Morgan fingerprint density at radius 1 is 0.806 bits per heavy atom. The van der Waals surface area contributed by atoms with E-state index in [2.05, 4.69) is 0 Å². The summed E-state index contributed by atoms with van der Waals surface area (Å²) in [5, 5.41) is -14.3. The van der Waals surface area contributed by atoms with Crippen molar-refractivity contribution in [3.05, 3.63) is 11.8 Å². The maximum absolute atomic E-state index is 14.4. The van der Waals surface area contributed by atoms with Gasteiger partial charge in [-0.15, -0.1) is 0 Å². The second-order valence-corrected chi connectivity index (χ2v) is 13.7. The standard InChI is InChI=1S/C15H22F9N3O6S3/c1-9(2)27(10(3)4)11-5-7-26(8-6-11)36(32,33)14(20,21)12(16,17)13(18,19)34(28,29)25-35(30,31)15(22,23)24/h5,9-10,25H,6-8H2,1-4H3. The van der Waals surface area contributed by atoms with Gasteiger partial charge in [-0.25, -0.2) is 25.3 Å². The van der Waals surface area contributed by atoms with Crippen LogP contribution >= 0.6 is 0 Å². The van der Waals surface area contributed by atoms with Crippen molar-refractivity contribution in [2.75, 3.05) is 13.1 Å². The molecule has 0 aromatic rings. The van der Waals surface area contributed by atoms with Crippen molar-refractivity contribution < 1.29 is 64.8 Å². The van der Waals surface area contributed by atoms with E-state index >= 15 is 0 Å². The first-order chi connectivity index (χ1) is 15.7. The lowest BCUT2D eigenvalue weighted by atomic mass is 10.1. The van der Waals surface area contributed by atoms with Gasteiger partial charge in [-0.3, -0.25) is 0 Å². The van der Waals surface area contributed by atoms with Crippen LogP contribution in [0.1, 0.15) is 34.1 Å². The van der Waals surface area contributed by atoms with Crippen molar-refractivity contribution in [1.82, 2.24) is 13.3 Å². The third-order valence-electron chi connectivity index (χ3n) is 4.85. The summed E-state index contributed by atoms with van der Waals surface area (Å²) in [6, 6.07) is -0.343. The van der Waals surface area contributed by atoms with Crippen LogP contribution in [0.15, 0.2) is 11.8 Å². The molecule has 0 unspecified atom stereocenters. The van der Waals surface area contributed by atoms with Crippen molar-refractivity contribution in [3.63, 3.8) is 0 Å². The summed E-state index contributed by atoms with van der Waals surface area (Å²) in [5.74, 6) is -7.43. The number of halogens is 9. The zero-order chi connectivity index (χ0) is 28.9. The number of nitrogens with zero attached hydrogens (tertiary/aromatic N) is 2. The molecule has 1 aliphatic rings. The molecular weight excluding hydrogens is 585 g/mol. The van der Waals surface area contributed by atoms with Gasteiger partial charge in [-0.05, 0) is 27.7 Å². The molecule has 36 heavy (non-hydrogen) atoms. The van der Waals surface area contributed by atoms with E-state index < -0.39 is 69.2 Å². The second kappa shape index (κ2) is 9.77. The van der Waals surface area contributed by atoms with Crippen molar-refractivity contribution in [2.45, 2.75) is 68.1 Å². The molecule has 0 aromatic carbocycles. The van der Waals surface area contributed by atoms with Gasteiger partial charge in [-0.2, -0.15) is 43.8 Å². The summed E-state index contributed by atoms with van der Waals surface area (Å²) in [7, 11) is -21.9. The zero-order valence-corrected chi connectivity index (χ0v) is 21.3. The van der Waals surface area contributed by atoms with Gasteiger partial charge in [-0.1, -0.05) is 10.2 Å². The van der Waals surface area contributed by atoms with Crippen LogP contribution in [0.2, 0.25) is 0 Å². The zero-order valence-electron chi connectivity index (χ0n) is 18.8. The number of alkyl halides is 9. The summed E-state index contributed by atoms with van der Waals surface area (Å²) in [4.78, 5) is 1.73. The van der Waals surface area contributed by atoms with E-state index in [9.17, 15) is 64.8 Å². The smallest absolute Gasteiger partial charge is 0.370 e. The van der Waals surface area contributed by atoms with E-state index in [-0.39, 0.29) is 22.8 Å². The Hall–Kier alpha value is -1.32. The first kappa shape index (κ1) is 32.7. The molecule has 0 aromatic heterocycles. The lowest BCUT2D eigenvalue weighted by molar-refractivity contribution is -0.245. The molecule has 0 atom stereocenters. The monoisotopic (exact) mass is 607 g/mol. The largest absolute Gasteiger partial charge is 0.512 e. The highest BCUT2D eigenvalue weighted by atomic mass is 32.3. The summed E-state index contributed by atoms with van der Waals surface area (Å²) < 4.78 is 190. The van der Waals surface area contributed by atoms with Crippen LogP contribution in [0.4, 0.5) is 39.5 Å². The average molecular weight is 608 g/mol. The fourth-order valence-corrected chi connectivity index (χ4v) is 7.12. The molecule has 0 saturated carbocycles. The van der Waals surface area contributed by atoms with Gasteiger partial charge in [0, 0.05) is 37.3 Å². The Morgan fingerprint density at radius 3 is 1.58 bits per heavy atom. The summed E-state index contributed by atoms with van der Waals surface area (Å²) in [6.45, 7) is 4.98. The van der Waals surface area contributed by atoms with Crippen LogP contribution in [-0.4, -0.2) is 81.6 Å². The molecule has 21 heteroatoms. The molecular formula is C15H22F9N3O6S3. The predicted molar refractivity (Wildman–Crippen MR) is 107 cm³/mol. The molecule has 1 N–H and O–H groups in total. The van der Waals surface area contributed by atoms with Gasteiger partial charge in [0.25, 0.3) is 20.0 Å². The third-order valence-corrected chi connectivity index (χ3v) is 10.1. The van der Waals surface area contributed by atoms with Crippen molar-refractivity contribution in [3.8, 4) is 0 Å². The average Bonchev–Trinajstić information content (AvgIpc) is 2.65. The lowest BCUT2D eigenvalue weighted by Crippen LogP contribution is -2.65. The fraction of sp³-hybridized carbons (Fsp3) is 0.867. The lowest BCUT2D eigenvalue weighted by Gasteiger charge is -2.39. The highest BCUT2D eigenvalue weighted by molar-refractivity contribution is 8.05. The molecule has 0 fully saturated rings. The Kier molecular flexibility index (Phi) is 8.88. The number of nitrogens with one attached hydrogen (secondary N) is 1. The molecule has 9 nitrogen and oxygen atoms in total. The van der Waals surface area contributed by atoms with Crippen LogP contribution in [0.25, 0.3) is 0 Å². The quantitative estimate of drug-likeness (QED) is 0.379. The van der Waals surface area contributed by atoms with E-state index in [0.29, 0.717) is 5.70 Å². The minimum absolute atomic E-state index is 0.172. The maximum atomic E-state index is 14.4. The topological polar surface area (TPSA) is 121 Å². The fourth-order valence-electron chi connectivity index (χ4n) is 3.26. The van der Waals surface area contributed by atoms with Crippen molar-refractivity contribution in [2.24, 2.45) is 0 Å². The van der Waals surface area contributed by atoms with Gasteiger partial charge < -0.3 is 4.90 Å². The van der Waals surface area contributed by atoms with Gasteiger partial charge in [0.05, 0.1) is 0 Å². The first-order valence-corrected chi connectivity index (χ1v) is 14.0. The Morgan fingerprint density at radius 2 is 1.25 bits per heavy atom. The first-order valence-electron chi connectivity index (χ1n) is 9.64. The Labute approximate surface area is 201 Å². The second-order valence-electron chi connectivity index (χ2n) is 8.05. The number of hydrogen-bond acceptors (Lipinski definition) is 7. The van der Waals surface area contributed by atoms with Gasteiger partial charge in [0.15, 0.2) is 0 Å². The van der Waals surface area contributed by atoms with E-state index in [1.807, 2.05) is 0 Å². The third kappa shape index (κ3) is 5.44. The molecule has 0 radical (unpaired) electrons. The van der Waals surface area contributed by atoms with E-state index in [1.54, 1.807) is 32.6 Å². The summed E-state index contributed by atoms with van der Waals surface area (Å²) in [5.41, 5.74) is -6.21. The van der Waals surface area contributed by atoms with Gasteiger partial charge in [0.1, 0.15) is 0 Å². The number of sulfonamides is 3. The highest BCUT2D eigenvalue weighted by Gasteiger charge is 2.83. The van der Waals surface area contributed by atoms with Gasteiger partial charge in [0.2, 0.25) is 0 Å². The summed E-state index contributed by atoms with van der Waals surface area (Å²) in [6.07, 6.45) is 0.707. The van der Waals surface area contributed by atoms with Gasteiger partial charge >= 0.3 is 32.0 Å². The van der Waals surface area contributed by atoms with Crippen LogP contribution in [-0.2, 0) is 30.1 Å². The normalized spacial score (nSPS) is 18.0. The number of rotatable bonds is 10. The van der Waals surface area contributed by atoms with Crippen molar-refractivity contribution in [1.29, 1.82) is 0 Å².